The molecule has 0 N–H and O–H groups in total. The highest BCUT2D eigenvalue weighted by atomic mass is 35.5. The lowest BCUT2D eigenvalue weighted by molar-refractivity contribution is 0.313. The number of ether oxygens (including phenoxy) is 1. The van der Waals surface area contributed by atoms with Crippen LogP contribution in [0, 0.1) is 6.92 Å². The number of benzene rings is 1. The van der Waals surface area contributed by atoms with E-state index in [-0.39, 0.29) is 0 Å². The third-order valence-electron chi connectivity index (χ3n) is 2.95. The first-order valence-corrected chi connectivity index (χ1v) is 6.33. The largest absolute Gasteiger partial charge is 0.480 e. The minimum Gasteiger partial charge on any atom is -0.480 e. The van der Waals surface area contributed by atoms with Gasteiger partial charge >= 0.3 is 0 Å². The van der Waals surface area contributed by atoms with E-state index in [1.54, 1.807) is 0 Å². The van der Waals surface area contributed by atoms with Crippen LogP contribution in [0.1, 0.15) is 16.8 Å². The van der Waals surface area contributed by atoms with Crippen molar-refractivity contribution in [1.82, 2.24) is 20.3 Å². The van der Waals surface area contributed by atoms with Gasteiger partial charge in [0.15, 0.2) is 0 Å². The second kappa shape index (κ2) is 5.05. The van der Waals surface area contributed by atoms with E-state index in [1.165, 1.54) is 7.11 Å². The Morgan fingerprint density at radius 1 is 1.20 bits per heavy atom. The van der Waals surface area contributed by atoms with E-state index < -0.39 is 0 Å². The predicted octanol–water partition coefficient (Wildman–Crippen LogP) is 2.57. The lowest BCUT2D eigenvalue weighted by Gasteiger charge is -2.07. The molecule has 0 saturated heterocycles. The molecule has 0 saturated carbocycles. The first kappa shape index (κ1) is 12.8. The molecule has 0 spiro atoms. The molecule has 1 aromatic carbocycles. The summed E-state index contributed by atoms with van der Waals surface area (Å²) in [4.78, 5) is 8.56. The maximum Gasteiger partial charge on any atom is 0.246 e. The van der Waals surface area contributed by atoms with Crippen LogP contribution >= 0.6 is 11.6 Å². The summed E-state index contributed by atoms with van der Waals surface area (Å²) in [5.41, 5.74) is 3.40. The quantitative estimate of drug-likeness (QED) is 0.738. The first-order chi connectivity index (χ1) is 9.67. The van der Waals surface area contributed by atoms with E-state index >= 15 is 0 Å². The van der Waals surface area contributed by atoms with Crippen LogP contribution in [0.15, 0.2) is 22.8 Å². The molecule has 0 radical (unpaired) electrons. The van der Waals surface area contributed by atoms with Crippen LogP contribution in [0.2, 0.25) is 5.02 Å². The van der Waals surface area contributed by atoms with Gasteiger partial charge in [-0.25, -0.2) is 9.61 Å². The standard InChI is InChI=1S/C13H11ClN4O2/c1-7-3-4-8(5-9(7)14)6-10-13(19-2)16-12-11(15-10)17-20-18-12/h3-5H,6H2,1-2H3. The molecule has 0 amide bonds. The fraction of sp³-hybridized carbons (Fsp3) is 0.231. The Morgan fingerprint density at radius 2 is 1.95 bits per heavy atom. The number of rotatable bonds is 3. The van der Waals surface area contributed by atoms with Crippen molar-refractivity contribution in [2.75, 3.05) is 7.11 Å². The summed E-state index contributed by atoms with van der Waals surface area (Å²) >= 11 is 6.13. The Kier molecular flexibility index (Phi) is 3.23. The fourth-order valence-corrected chi connectivity index (χ4v) is 2.08. The number of hydrogen-bond donors (Lipinski definition) is 0. The topological polar surface area (TPSA) is 73.9 Å². The highest BCUT2D eigenvalue weighted by Gasteiger charge is 2.13. The van der Waals surface area contributed by atoms with E-state index in [2.05, 4.69) is 24.9 Å². The van der Waals surface area contributed by atoms with Crippen LogP contribution < -0.4 is 4.74 Å². The van der Waals surface area contributed by atoms with Gasteiger partial charge < -0.3 is 4.74 Å². The number of aromatic nitrogens is 4. The molecule has 0 aliphatic carbocycles. The molecule has 0 bridgehead atoms. The van der Waals surface area contributed by atoms with E-state index in [4.69, 9.17) is 16.3 Å². The third kappa shape index (κ3) is 2.30. The Bertz CT molecular complexity index is 772. The molecule has 102 valence electrons. The molecule has 0 aliphatic rings. The highest BCUT2D eigenvalue weighted by Crippen LogP contribution is 2.22. The zero-order valence-corrected chi connectivity index (χ0v) is 11.7. The average molecular weight is 291 g/mol. The van der Waals surface area contributed by atoms with Crippen LogP contribution in [-0.2, 0) is 6.42 Å². The molecule has 0 unspecified atom stereocenters. The highest BCUT2D eigenvalue weighted by molar-refractivity contribution is 6.31. The fourth-order valence-electron chi connectivity index (χ4n) is 1.87. The van der Waals surface area contributed by atoms with Gasteiger partial charge in [-0.2, -0.15) is 4.98 Å². The Labute approximate surface area is 119 Å². The second-order valence-electron chi connectivity index (χ2n) is 4.35. The summed E-state index contributed by atoms with van der Waals surface area (Å²) in [6.07, 6.45) is 0.541. The van der Waals surface area contributed by atoms with Crippen molar-refractivity contribution >= 4 is 22.9 Å². The van der Waals surface area contributed by atoms with Gasteiger partial charge in [0.1, 0.15) is 5.69 Å². The van der Waals surface area contributed by atoms with Crippen LogP contribution in [0.5, 0.6) is 5.88 Å². The number of nitrogens with zero attached hydrogens (tertiary/aromatic N) is 4. The molecule has 0 aliphatic heterocycles. The normalized spacial score (nSPS) is 10.9. The van der Waals surface area contributed by atoms with Gasteiger partial charge in [0, 0.05) is 11.4 Å². The van der Waals surface area contributed by atoms with E-state index in [9.17, 15) is 0 Å². The number of aryl methyl sites for hydroxylation is 1. The molecule has 20 heavy (non-hydrogen) atoms. The van der Waals surface area contributed by atoms with E-state index in [1.807, 2.05) is 25.1 Å². The lowest BCUT2D eigenvalue weighted by Crippen LogP contribution is -2.01. The molecule has 3 aromatic rings. The van der Waals surface area contributed by atoms with Gasteiger partial charge in [-0.15, -0.1) is 0 Å². The minimum atomic E-state index is 0.326. The number of methoxy groups -OCH3 is 1. The van der Waals surface area contributed by atoms with Crippen molar-refractivity contribution in [3.05, 3.63) is 40.0 Å². The first-order valence-electron chi connectivity index (χ1n) is 5.95. The third-order valence-corrected chi connectivity index (χ3v) is 3.36. The summed E-state index contributed by atoms with van der Waals surface area (Å²) in [6, 6.07) is 5.87. The molecular formula is C13H11ClN4O2. The lowest BCUT2D eigenvalue weighted by atomic mass is 10.1. The SMILES string of the molecule is COc1nc2nonc2nc1Cc1ccc(C)c(Cl)c1. The van der Waals surface area contributed by atoms with Crippen LogP contribution in [0.3, 0.4) is 0 Å². The number of hydrogen-bond acceptors (Lipinski definition) is 6. The van der Waals surface area contributed by atoms with Crippen molar-refractivity contribution < 1.29 is 9.37 Å². The van der Waals surface area contributed by atoms with E-state index in [0.29, 0.717) is 29.3 Å². The van der Waals surface area contributed by atoms with Gasteiger partial charge in [-0.3, -0.25) is 0 Å². The maximum absolute atomic E-state index is 6.13. The zero-order chi connectivity index (χ0) is 14.1. The van der Waals surface area contributed by atoms with Gasteiger partial charge in [-0.1, -0.05) is 23.7 Å². The smallest absolute Gasteiger partial charge is 0.246 e. The Hall–Kier alpha value is -2.21. The average Bonchev–Trinajstić information content (AvgIpc) is 2.89. The Balaban J connectivity index is 2.01. The molecule has 0 fully saturated rings. The van der Waals surface area contributed by atoms with Crippen LogP contribution in [0.25, 0.3) is 11.3 Å². The Morgan fingerprint density at radius 3 is 2.65 bits per heavy atom. The number of fused-ring (bicyclic) bond motifs is 1. The van der Waals surface area contributed by atoms with Crippen LogP contribution in [-0.4, -0.2) is 27.4 Å². The predicted molar refractivity (Wildman–Crippen MR) is 72.9 cm³/mol. The van der Waals surface area contributed by atoms with Crippen molar-refractivity contribution in [2.45, 2.75) is 13.3 Å². The van der Waals surface area contributed by atoms with Crippen molar-refractivity contribution in [3.8, 4) is 5.88 Å². The van der Waals surface area contributed by atoms with Gasteiger partial charge in [0.05, 0.1) is 7.11 Å². The van der Waals surface area contributed by atoms with Gasteiger partial charge in [-0.05, 0) is 34.4 Å². The summed E-state index contributed by atoms with van der Waals surface area (Å²) in [7, 11) is 1.54. The summed E-state index contributed by atoms with van der Waals surface area (Å²) < 4.78 is 9.84. The minimum absolute atomic E-state index is 0.326. The second-order valence-corrected chi connectivity index (χ2v) is 4.76. The van der Waals surface area contributed by atoms with Crippen molar-refractivity contribution in [1.29, 1.82) is 0 Å². The van der Waals surface area contributed by atoms with Crippen molar-refractivity contribution in [3.63, 3.8) is 0 Å². The van der Waals surface area contributed by atoms with E-state index in [0.717, 1.165) is 16.1 Å². The molecular weight excluding hydrogens is 280 g/mol. The van der Waals surface area contributed by atoms with Crippen molar-refractivity contribution in [2.24, 2.45) is 0 Å². The number of halogens is 1. The molecule has 7 heteroatoms. The molecule has 2 aromatic heterocycles. The monoisotopic (exact) mass is 290 g/mol. The molecule has 0 atom stereocenters. The molecule has 3 rings (SSSR count). The summed E-state index contributed by atoms with van der Waals surface area (Å²) in [5, 5.41) is 8.05. The maximum atomic E-state index is 6.13. The van der Waals surface area contributed by atoms with Gasteiger partial charge in [0.2, 0.25) is 17.2 Å². The summed E-state index contributed by atoms with van der Waals surface area (Å²) in [6.45, 7) is 1.96. The van der Waals surface area contributed by atoms with Gasteiger partial charge in [0.25, 0.3) is 0 Å². The molecule has 2 heterocycles. The van der Waals surface area contributed by atoms with Crippen LogP contribution in [0.4, 0.5) is 0 Å². The molecule has 6 nitrogen and oxygen atoms in total. The summed E-state index contributed by atoms with van der Waals surface area (Å²) in [5.74, 6) is 0.407. The zero-order valence-electron chi connectivity index (χ0n) is 10.9.